The summed E-state index contributed by atoms with van der Waals surface area (Å²) in [4.78, 5) is 52.2. The zero-order valence-electron chi connectivity index (χ0n) is 18.7. The number of rotatable bonds is 6. The molecule has 0 bridgehead atoms. The van der Waals surface area contributed by atoms with Crippen molar-refractivity contribution in [3.05, 3.63) is 71.3 Å². The zero-order valence-corrected chi connectivity index (χ0v) is 20.3. The number of nitrogens with one attached hydrogen (secondary N) is 1. The molecule has 4 rings (SSSR count). The van der Waals surface area contributed by atoms with Crippen LogP contribution in [0.3, 0.4) is 0 Å². The molecule has 0 saturated carbocycles. The third-order valence-electron chi connectivity index (χ3n) is 6.02. The molecule has 0 aromatic heterocycles. The van der Waals surface area contributed by atoms with E-state index in [9.17, 15) is 24.3 Å². The molecule has 2 aliphatic rings. The maximum absolute atomic E-state index is 13.6. The molecular weight excluding hydrogens is 472 g/mol. The van der Waals surface area contributed by atoms with Crippen molar-refractivity contribution in [3.63, 3.8) is 0 Å². The topological polar surface area (TPSA) is 104 Å². The summed E-state index contributed by atoms with van der Waals surface area (Å²) in [5, 5.41) is 11.5. The average Bonchev–Trinajstić information content (AvgIpc) is 2.97. The van der Waals surface area contributed by atoms with E-state index in [-0.39, 0.29) is 11.5 Å². The number of hydrogen-bond donors (Lipinski definition) is 2. The third-order valence-corrected chi connectivity index (χ3v) is 8.29. The van der Waals surface area contributed by atoms with E-state index in [0.717, 1.165) is 28.5 Å². The van der Waals surface area contributed by atoms with Crippen LogP contribution >= 0.6 is 23.5 Å². The lowest BCUT2D eigenvalue weighted by molar-refractivity contribution is -0.152. The number of carboxylic acids is 1. The lowest BCUT2D eigenvalue weighted by atomic mass is 9.93. The summed E-state index contributed by atoms with van der Waals surface area (Å²) in [6.07, 6.45) is 0.968. The van der Waals surface area contributed by atoms with E-state index in [1.54, 1.807) is 0 Å². The van der Waals surface area contributed by atoms with Gasteiger partial charge in [-0.3, -0.25) is 14.4 Å². The van der Waals surface area contributed by atoms with Gasteiger partial charge in [-0.2, -0.15) is 0 Å². The second-order valence-corrected chi connectivity index (χ2v) is 10.9. The van der Waals surface area contributed by atoms with Crippen LogP contribution < -0.4 is 5.32 Å². The van der Waals surface area contributed by atoms with E-state index < -0.39 is 40.5 Å². The van der Waals surface area contributed by atoms with E-state index in [1.165, 1.54) is 23.6 Å². The summed E-state index contributed by atoms with van der Waals surface area (Å²) >= 11 is 2.46. The maximum Gasteiger partial charge on any atom is 0.326 e. The van der Waals surface area contributed by atoms with E-state index in [4.69, 9.17) is 0 Å². The van der Waals surface area contributed by atoms with Gasteiger partial charge in [0.15, 0.2) is 5.12 Å². The van der Waals surface area contributed by atoms with Gasteiger partial charge in [0.25, 0.3) is 0 Å². The van der Waals surface area contributed by atoms with Gasteiger partial charge in [0.2, 0.25) is 11.8 Å². The predicted octanol–water partition coefficient (Wildman–Crippen LogP) is 3.04. The number of benzene rings is 2. The molecule has 2 aromatic carbocycles. The van der Waals surface area contributed by atoms with Crippen LogP contribution in [0.5, 0.6) is 0 Å². The van der Waals surface area contributed by atoms with E-state index in [2.05, 4.69) is 5.32 Å². The van der Waals surface area contributed by atoms with Gasteiger partial charge < -0.3 is 15.3 Å². The number of carbonyl (C=O) groups is 4. The summed E-state index contributed by atoms with van der Waals surface area (Å²) in [7, 11) is 0. The molecule has 34 heavy (non-hydrogen) atoms. The van der Waals surface area contributed by atoms with Gasteiger partial charge in [-0.1, -0.05) is 66.4 Å². The number of carboxylic acid groups (broad SMARTS) is 1. The number of hydrogen-bond acceptors (Lipinski definition) is 6. The quantitative estimate of drug-likeness (QED) is 0.631. The number of aliphatic carboxylic acids is 1. The summed E-state index contributed by atoms with van der Waals surface area (Å²) < 4.78 is 0. The summed E-state index contributed by atoms with van der Waals surface area (Å²) in [6.45, 7) is 1.41. The van der Waals surface area contributed by atoms with Crippen molar-refractivity contribution >= 4 is 46.4 Å². The minimum absolute atomic E-state index is 0.183. The van der Waals surface area contributed by atoms with Gasteiger partial charge in [0.05, 0.1) is 5.25 Å². The highest BCUT2D eigenvalue weighted by Gasteiger charge is 2.45. The van der Waals surface area contributed by atoms with Gasteiger partial charge in [0, 0.05) is 13.3 Å². The number of amides is 2. The van der Waals surface area contributed by atoms with E-state index in [0.29, 0.717) is 18.6 Å². The molecule has 7 nitrogen and oxygen atoms in total. The van der Waals surface area contributed by atoms with Crippen molar-refractivity contribution in [3.8, 4) is 0 Å². The molecule has 0 aliphatic carbocycles. The molecule has 0 spiro atoms. The smallest absolute Gasteiger partial charge is 0.326 e. The molecule has 0 radical (unpaired) electrons. The maximum atomic E-state index is 13.6. The van der Waals surface area contributed by atoms with Crippen LogP contribution in [-0.2, 0) is 32.0 Å². The van der Waals surface area contributed by atoms with Crippen molar-refractivity contribution in [1.82, 2.24) is 10.2 Å². The SMILES string of the molecule is CC(=O)SC(Cc1ccccc1)C(=O)N[C@@H]1CCS[C@@H]2c3ccccc3C[C@H](C(=O)O)N2C1=O. The highest BCUT2D eigenvalue weighted by atomic mass is 32.2. The second kappa shape index (κ2) is 10.7. The van der Waals surface area contributed by atoms with Crippen LogP contribution in [0.4, 0.5) is 0 Å². The largest absolute Gasteiger partial charge is 0.480 e. The Morgan fingerprint density at radius 1 is 1.15 bits per heavy atom. The molecule has 4 atom stereocenters. The highest BCUT2D eigenvalue weighted by Crippen LogP contribution is 2.43. The van der Waals surface area contributed by atoms with Crippen molar-refractivity contribution in [1.29, 1.82) is 0 Å². The van der Waals surface area contributed by atoms with Crippen LogP contribution in [0.15, 0.2) is 54.6 Å². The second-order valence-electron chi connectivity index (χ2n) is 8.36. The minimum atomic E-state index is -1.06. The van der Waals surface area contributed by atoms with Crippen LogP contribution in [0.2, 0.25) is 0 Å². The Kier molecular flexibility index (Phi) is 7.63. The van der Waals surface area contributed by atoms with Gasteiger partial charge in [-0.15, -0.1) is 11.8 Å². The molecule has 2 heterocycles. The van der Waals surface area contributed by atoms with E-state index in [1.807, 2.05) is 54.6 Å². The zero-order chi connectivity index (χ0) is 24.2. The lowest BCUT2D eigenvalue weighted by Gasteiger charge is -2.40. The van der Waals surface area contributed by atoms with Gasteiger partial charge in [-0.05, 0) is 35.3 Å². The Balaban J connectivity index is 1.56. The molecule has 2 amide bonds. The number of carbonyl (C=O) groups excluding carboxylic acids is 3. The molecule has 178 valence electrons. The van der Waals surface area contributed by atoms with Crippen LogP contribution in [0.1, 0.15) is 35.4 Å². The van der Waals surface area contributed by atoms with Crippen molar-refractivity contribution in [2.45, 2.75) is 48.9 Å². The first-order valence-electron chi connectivity index (χ1n) is 11.1. The fourth-order valence-electron chi connectivity index (χ4n) is 4.44. The average molecular weight is 499 g/mol. The van der Waals surface area contributed by atoms with Crippen molar-refractivity contribution in [2.24, 2.45) is 0 Å². The minimum Gasteiger partial charge on any atom is -0.480 e. The molecule has 1 fully saturated rings. The third kappa shape index (κ3) is 5.31. The molecule has 9 heteroatoms. The lowest BCUT2D eigenvalue weighted by Crippen LogP contribution is -2.56. The van der Waals surface area contributed by atoms with Crippen molar-refractivity contribution in [2.75, 3.05) is 5.75 Å². The van der Waals surface area contributed by atoms with Crippen LogP contribution in [-0.4, -0.2) is 56.0 Å². The summed E-state index contributed by atoms with van der Waals surface area (Å²) in [5.41, 5.74) is 2.79. The van der Waals surface area contributed by atoms with Crippen LogP contribution in [0, 0.1) is 0 Å². The fourth-order valence-corrected chi connectivity index (χ4v) is 6.71. The highest BCUT2D eigenvalue weighted by molar-refractivity contribution is 8.14. The van der Waals surface area contributed by atoms with Crippen molar-refractivity contribution < 1.29 is 24.3 Å². The first-order valence-corrected chi connectivity index (χ1v) is 13.0. The molecule has 2 aliphatic heterocycles. The molecular formula is C25H26N2O5S2. The Morgan fingerprint density at radius 3 is 2.56 bits per heavy atom. The number of thioether (sulfide) groups is 2. The molecule has 1 saturated heterocycles. The standard InChI is InChI=1S/C25H26N2O5S2/c1-15(28)34-21(13-16-7-3-2-4-8-16)22(29)26-19-11-12-33-24-18-10-6-5-9-17(18)14-20(25(31)32)27(24)23(19)30/h2-10,19-21,24H,11-14H2,1H3,(H,26,29)(H,31,32)/t19-,20-,21?,24-/m1/s1. The Labute approximate surface area is 206 Å². The monoisotopic (exact) mass is 498 g/mol. The molecule has 2 aromatic rings. The first kappa shape index (κ1) is 24.3. The van der Waals surface area contributed by atoms with Gasteiger partial charge in [0.1, 0.15) is 17.5 Å². The van der Waals surface area contributed by atoms with E-state index >= 15 is 0 Å². The van der Waals surface area contributed by atoms with Crippen LogP contribution in [0.25, 0.3) is 0 Å². The Bertz CT molecular complexity index is 1090. The number of nitrogens with zero attached hydrogens (tertiary/aromatic N) is 1. The predicted molar refractivity (Wildman–Crippen MR) is 132 cm³/mol. The summed E-state index contributed by atoms with van der Waals surface area (Å²) in [6, 6.07) is 15.2. The summed E-state index contributed by atoms with van der Waals surface area (Å²) in [5.74, 6) is -1.26. The number of fused-ring (bicyclic) bond motifs is 3. The first-order chi connectivity index (χ1) is 16.3. The van der Waals surface area contributed by atoms with Gasteiger partial charge in [-0.25, -0.2) is 4.79 Å². The normalized spacial score (nSPS) is 22.7. The van der Waals surface area contributed by atoms with Gasteiger partial charge >= 0.3 is 5.97 Å². The Hall–Kier alpha value is -2.78. The molecule has 2 N–H and O–H groups in total. The fraction of sp³-hybridized carbons (Fsp3) is 0.360. The Morgan fingerprint density at radius 2 is 1.85 bits per heavy atom. The molecule has 1 unspecified atom stereocenters.